The van der Waals surface area contributed by atoms with Crippen molar-refractivity contribution in [2.24, 2.45) is 0 Å². The van der Waals surface area contributed by atoms with Crippen LogP contribution >= 0.6 is 0 Å². The van der Waals surface area contributed by atoms with E-state index >= 15 is 0 Å². The number of nitrogens with one attached hydrogen (secondary N) is 1. The van der Waals surface area contributed by atoms with E-state index in [1.165, 1.54) is 5.56 Å². The molecule has 1 amide bonds. The Morgan fingerprint density at radius 2 is 1.75 bits per heavy atom. The zero-order chi connectivity index (χ0) is 20.0. The van der Waals surface area contributed by atoms with E-state index in [2.05, 4.69) is 29.3 Å². The number of piperidine rings is 1. The van der Waals surface area contributed by atoms with E-state index in [4.69, 9.17) is 4.74 Å². The van der Waals surface area contributed by atoms with Gasteiger partial charge in [0.25, 0.3) is 0 Å². The van der Waals surface area contributed by atoms with Crippen LogP contribution in [0.5, 0.6) is 5.75 Å². The maximum Gasteiger partial charge on any atom is 0.224 e. The SMILES string of the molecule is COc1ccc(CC(=O)NCCN2CCC(O)(c3ccc(C)cc3)CC2)cc1. The van der Waals surface area contributed by atoms with E-state index in [1.54, 1.807) is 7.11 Å². The van der Waals surface area contributed by atoms with Gasteiger partial charge in [0.15, 0.2) is 0 Å². The summed E-state index contributed by atoms with van der Waals surface area (Å²) in [6.45, 7) is 5.15. The molecule has 2 N–H and O–H groups in total. The Bertz CT molecular complexity index is 763. The highest BCUT2D eigenvalue weighted by atomic mass is 16.5. The van der Waals surface area contributed by atoms with Gasteiger partial charge in [-0.25, -0.2) is 0 Å². The van der Waals surface area contributed by atoms with Crippen LogP contribution < -0.4 is 10.1 Å². The van der Waals surface area contributed by atoms with E-state index in [0.717, 1.165) is 49.4 Å². The number of aliphatic hydroxyl groups is 1. The first-order valence-electron chi connectivity index (χ1n) is 9.90. The number of ether oxygens (including phenoxy) is 1. The standard InChI is InChI=1S/C23H30N2O3/c1-18-3-7-20(8-4-18)23(27)11-14-25(15-12-23)16-13-24-22(26)17-19-5-9-21(28-2)10-6-19/h3-10,27H,11-17H2,1-2H3,(H,24,26). The highest BCUT2D eigenvalue weighted by Crippen LogP contribution is 2.32. The smallest absolute Gasteiger partial charge is 0.224 e. The molecule has 150 valence electrons. The largest absolute Gasteiger partial charge is 0.497 e. The predicted molar refractivity (Wildman–Crippen MR) is 110 cm³/mol. The van der Waals surface area contributed by atoms with Crippen molar-refractivity contribution in [3.63, 3.8) is 0 Å². The summed E-state index contributed by atoms with van der Waals surface area (Å²) in [6.07, 6.45) is 1.81. The Labute approximate surface area is 167 Å². The molecule has 3 rings (SSSR count). The lowest BCUT2D eigenvalue weighted by Gasteiger charge is -2.38. The molecule has 0 saturated carbocycles. The average molecular weight is 383 g/mol. The van der Waals surface area contributed by atoms with Crippen molar-refractivity contribution in [2.75, 3.05) is 33.3 Å². The van der Waals surface area contributed by atoms with Crippen LogP contribution in [0.2, 0.25) is 0 Å². The van der Waals surface area contributed by atoms with Gasteiger partial charge in [-0.1, -0.05) is 42.0 Å². The number of benzene rings is 2. The number of nitrogens with zero attached hydrogens (tertiary/aromatic N) is 1. The number of methoxy groups -OCH3 is 1. The zero-order valence-electron chi connectivity index (χ0n) is 16.8. The summed E-state index contributed by atoms with van der Waals surface area (Å²) < 4.78 is 5.13. The van der Waals surface area contributed by atoms with Crippen LogP contribution in [-0.4, -0.2) is 49.2 Å². The first kappa shape index (κ1) is 20.4. The number of carbonyl (C=O) groups excluding carboxylic acids is 1. The first-order valence-corrected chi connectivity index (χ1v) is 9.90. The lowest BCUT2D eigenvalue weighted by atomic mass is 9.84. The van der Waals surface area contributed by atoms with Gasteiger partial charge in [-0.15, -0.1) is 0 Å². The first-order chi connectivity index (χ1) is 13.5. The number of hydrogen-bond donors (Lipinski definition) is 2. The van der Waals surface area contributed by atoms with E-state index < -0.39 is 5.60 Å². The number of rotatable bonds is 7. The van der Waals surface area contributed by atoms with Crippen LogP contribution in [0.3, 0.4) is 0 Å². The van der Waals surface area contributed by atoms with Crippen molar-refractivity contribution in [1.29, 1.82) is 0 Å². The van der Waals surface area contributed by atoms with Gasteiger partial charge in [-0.05, 0) is 43.0 Å². The van der Waals surface area contributed by atoms with Gasteiger partial charge in [0, 0.05) is 26.2 Å². The fraction of sp³-hybridized carbons (Fsp3) is 0.435. The van der Waals surface area contributed by atoms with Crippen LogP contribution in [0.25, 0.3) is 0 Å². The van der Waals surface area contributed by atoms with Crippen LogP contribution in [0.1, 0.15) is 29.5 Å². The maximum absolute atomic E-state index is 12.1. The van der Waals surface area contributed by atoms with E-state index in [1.807, 2.05) is 36.4 Å². The second-order valence-electron chi connectivity index (χ2n) is 7.61. The van der Waals surface area contributed by atoms with Crippen molar-refractivity contribution in [3.8, 4) is 5.75 Å². The quantitative estimate of drug-likeness (QED) is 0.773. The average Bonchev–Trinajstić information content (AvgIpc) is 2.70. The molecule has 0 atom stereocenters. The van der Waals surface area contributed by atoms with Crippen molar-refractivity contribution in [2.45, 2.75) is 31.8 Å². The molecule has 5 nitrogen and oxygen atoms in total. The van der Waals surface area contributed by atoms with Crippen LogP contribution in [-0.2, 0) is 16.8 Å². The highest BCUT2D eigenvalue weighted by Gasteiger charge is 2.33. The normalized spacial score (nSPS) is 16.5. The molecule has 1 aliphatic rings. The molecule has 0 unspecified atom stereocenters. The molecular weight excluding hydrogens is 352 g/mol. The van der Waals surface area contributed by atoms with Gasteiger partial charge >= 0.3 is 0 Å². The Balaban J connectivity index is 1.39. The van der Waals surface area contributed by atoms with Crippen LogP contribution in [0.15, 0.2) is 48.5 Å². The molecule has 0 radical (unpaired) electrons. The number of amides is 1. The van der Waals surface area contributed by atoms with Crippen molar-refractivity contribution in [1.82, 2.24) is 10.2 Å². The summed E-state index contributed by atoms with van der Waals surface area (Å²) >= 11 is 0. The minimum Gasteiger partial charge on any atom is -0.497 e. The molecule has 2 aromatic rings. The molecule has 1 heterocycles. The fourth-order valence-corrected chi connectivity index (χ4v) is 3.64. The summed E-state index contributed by atoms with van der Waals surface area (Å²) in [5.41, 5.74) is 2.45. The summed E-state index contributed by atoms with van der Waals surface area (Å²) in [5.74, 6) is 0.818. The third kappa shape index (κ3) is 5.33. The molecule has 0 aromatic heterocycles. The number of aryl methyl sites for hydroxylation is 1. The van der Waals surface area contributed by atoms with Crippen molar-refractivity contribution < 1.29 is 14.6 Å². The molecule has 0 aliphatic carbocycles. The summed E-state index contributed by atoms with van der Waals surface area (Å²) in [5, 5.41) is 14.0. The third-order valence-electron chi connectivity index (χ3n) is 5.55. The molecule has 1 saturated heterocycles. The molecule has 0 bridgehead atoms. The minimum atomic E-state index is -0.734. The van der Waals surface area contributed by atoms with Crippen LogP contribution in [0.4, 0.5) is 0 Å². The Morgan fingerprint density at radius 1 is 1.11 bits per heavy atom. The second kappa shape index (κ2) is 9.22. The number of carbonyl (C=O) groups is 1. The summed E-state index contributed by atoms with van der Waals surface area (Å²) in [7, 11) is 1.63. The third-order valence-corrected chi connectivity index (χ3v) is 5.55. The van der Waals surface area contributed by atoms with E-state index in [-0.39, 0.29) is 5.91 Å². The molecule has 5 heteroatoms. The minimum absolute atomic E-state index is 0.0262. The van der Waals surface area contributed by atoms with Gasteiger partial charge < -0.3 is 20.1 Å². The number of hydrogen-bond acceptors (Lipinski definition) is 4. The van der Waals surface area contributed by atoms with Gasteiger partial charge in [0.05, 0.1) is 19.1 Å². The van der Waals surface area contributed by atoms with E-state index in [0.29, 0.717) is 13.0 Å². The Morgan fingerprint density at radius 3 is 2.36 bits per heavy atom. The van der Waals surface area contributed by atoms with Crippen LogP contribution in [0, 0.1) is 6.92 Å². The molecular formula is C23H30N2O3. The highest BCUT2D eigenvalue weighted by molar-refractivity contribution is 5.78. The molecule has 28 heavy (non-hydrogen) atoms. The van der Waals surface area contributed by atoms with Gasteiger partial charge in [-0.2, -0.15) is 0 Å². The topological polar surface area (TPSA) is 61.8 Å². The zero-order valence-corrected chi connectivity index (χ0v) is 16.8. The summed E-state index contributed by atoms with van der Waals surface area (Å²) in [6, 6.07) is 15.7. The Hall–Kier alpha value is -2.37. The predicted octanol–water partition coefficient (Wildman–Crippen LogP) is 2.65. The lowest BCUT2D eigenvalue weighted by molar-refractivity contribution is -0.120. The van der Waals surface area contributed by atoms with Crippen molar-refractivity contribution >= 4 is 5.91 Å². The van der Waals surface area contributed by atoms with E-state index in [9.17, 15) is 9.90 Å². The molecule has 0 spiro atoms. The lowest BCUT2D eigenvalue weighted by Crippen LogP contribution is -2.45. The fourth-order valence-electron chi connectivity index (χ4n) is 3.64. The van der Waals surface area contributed by atoms with Crippen molar-refractivity contribution in [3.05, 3.63) is 65.2 Å². The molecule has 2 aromatic carbocycles. The monoisotopic (exact) mass is 382 g/mol. The van der Waals surface area contributed by atoms with Gasteiger partial charge in [-0.3, -0.25) is 4.79 Å². The van der Waals surface area contributed by atoms with Gasteiger partial charge in [0.2, 0.25) is 5.91 Å². The molecule has 1 fully saturated rings. The second-order valence-corrected chi connectivity index (χ2v) is 7.61. The molecule has 1 aliphatic heterocycles. The van der Waals surface area contributed by atoms with Gasteiger partial charge in [0.1, 0.15) is 5.75 Å². The maximum atomic E-state index is 12.1. The summed E-state index contributed by atoms with van der Waals surface area (Å²) in [4.78, 5) is 14.4. The Kier molecular flexibility index (Phi) is 6.70. The number of likely N-dealkylation sites (tertiary alicyclic amines) is 1.